The lowest BCUT2D eigenvalue weighted by Gasteiger charge is -2.15. The number of benzene rings is 2. The smallest absolute Gasteiger partial charge is 0.245 e. The summed E-state index contributed by atoms with van der Waals surface area (Å²) in [6.45, 7) is -0.0726. The zero-order valence-electron chi connectivity index (χ0n) is 21.5. The molecule has 10 nitrogen and oxygen atoms in total. The van der Waals surface area contributed by atoms with E-state index in [9.17, 15) is 22.8 Å². The summed E-state index contributed by atoms with van der Waals surface area (Å²) in [6.07, 6.45) is 3.27. The van der Waals surface area contributed by atoms with Crippen molar-refractivity contribution in [3.8, 4) is 11.1 Å². The van der Waals surface area contributed by atoms with Crippen molar-refractivity contribution in [2.45, 2.75) is 24.1 Å². The molecule has 2 heterocycles. The zero-order valence-corrected chi connectivity index (χ0v) is 23.2. The first kappa shape index (κ1) is 27.9. The van der Waals surface area contributed by atoms with Gasteiger partial charge in [0, 0.05) is 37.4 Å². The summed E-state index contributed by atoms with van der Waals surface area (Å²) >= 11 is 0.976. The summed E-state index contributed by atoms with van der Waals surface area (Å²) in [5.41, 5.74) is 2.75. The highest BCUT2D eigenvalue weighted by atomic mass is 32.2. The third-order valence-electron chi connectivity index (χ3n) is 6.58. The van der Waals surface area contributed by atoms with Gasteiger partial charge in [-0.15, -0.1) is 11.3 Å². The van der Waals surface area contributed by atoms with Crippen LogP contribution < -0.4 is 16.0 Å². The minimum absolute atomic E-state index is 0.0246. The molecule has 13 heteroatoms. The van der Waals surface area contributed by atoms with E-state index in [1.165, 1.54) is 19.3 Å². The first-order chi connectivity index (χ1) is 19.1. The lowest BCUT2D eigenvalue weighted by molar-refractivity contribution is -0.126. The largest absolute Gasteiger partial charge is 0.384 e. The van der Waals surface area contributed by atoms with Gasteiger partial charge in [0.25, 0.3) is 0 Å². The fourth-order valence-corrected chi connectivity index (χ4v) is 7.26. The molecule has 1 aromatic heterocycles. The van der Waals surface area contributed by atoms with Crippen LogP contribution in [0.5, 0.6) is 0 Å². The number of sulfone groups is 1. The van der Waals surface area contributed by atoms with Gasteiger partial charge in [0.2, 0.25) is 17.7 Å². The second-order valence-corrected chi connectivity index (χ2v) is 12.9. The number of aromatic nitrogens is 1. The molecule has 1 aliphatic heterocycles. The minimum atomic E-state index is -4.08. The van der Waals surface area contributed by atoms with Crippen LogP contribution in [0.2, 0.25) is 0 Å². The Labute approximate surface area is 233 Å². The van der Waals surface area contributed by atoms with Gasteiger partial charge in [-0.2, -0.15) is 0 Å². The molecule has 2 aliphatic rings. The quantitative estimate of drug-likeness (QED) is 0.312. The summed E-state index contributed by atoms with van der Waals surface area (Å²) in [6, 6.07) is 9.95. The van der Waals surface area contributed by atoms with Gasteiger partial charge in [-0.25, -0.2) is 17.8 Å². The molecule has 5 rings (SSSR count). The van der Waals surface area contributed by atoms with Crippen LogP contribution in [0.1, 0.15) is 28.7 Å². The number of halogens is 1. The summed E-state index contributed by atoms with van der Waals surface area (Å²) in [5, 5.41) is 6.15. The lowest BCUT2D eigenvalue weighted by atomic mass is 10.0. The standard InChI is InChI=1S/C27H27FN4O6S2/c1-38-8-9-40(36,37)25(26(35)30-14-24(34)31-18-6-7-18)27-32-21-12-20(28)19(11-22(21)39-27)16-4-2-15(3-5-16)17-10-23(33)29-13-17/h2-5,10-12,18,25H,6-9,13-14H2,1H3,(H,29,33)(H,30,35)(H,31,34). The molecule has 1 aliphatic carbocycles. The van der Waals surface area contributed by atoms with Crippen molar-refractivity contribution in [2.24, 2.45) is 0 Å². The summed E-state index contributed by atoms with van der Waals surface area (Å²) in [5.74, 6) is -2.44. The van der Waals surface area contributed by atoms with E-state index < -0.39 is 38.5 Å². The molecule has 1 fully saturated rings. The number of amides is 3. The molecule has 40 heavy (non-hydrogen) atoms. The number of thiazole rings is 1. The molecule has 210 valence electrons. The first-order valence-corrected chi connectivity index (χ1v) is 15.1. The van der Waals surface area contributed by atoms with Gasteiger partial charge in [-0.1, -0.05) is 24.3 Å². The predicted octanol–water partition coefficient (Wildman–Crippen LogP) is 2.11. The molecule has 3 amide bonds. The van der Waals surface area contributed by atoms with E-state index in [0.717, 1.165) is 35.3 Å². The Morgan fingerprint density at radius 3 is 2.58 bits per heavy atom. The second kappa shape index (κ2) is 11.4. The molecule has 1 saturated carbocycles. The lowest BCUT2D eigenvalue weighted by Crippen LogP contribution is -2.41. The van der Waals surface area contributed by atoms with Gasteiger partial charge in [0.05, 0.1) is 29.1 Å². The maximum Gasteiger partial charge on any atom is 0.245 e. The highest BCUT2D eigenvalue weighted by molar-refractivity contribution is 7.92. The number of nitrogens with zero attached hydrogens (tertiary/aromatic N) is 1. The van der Waals surface area contributed by atoms with Crippen LogP contribution >= 0.6 is 11.3 Å². The van der Waals surface area contributed by atoms with Gasteiger partial charge in [0.1, 0.15) is 10.8 Å². The third kappa shape index (κ3) is 6.21. The molecule has 2 aromatic carbocycles. The normalized spacial score (nSPS) is 15.9. The molecule has 3 aromatic rings. The Morgan fingerprint density at radius 1 is 1.20 bits per heavy atom. The molecule has 0 radical (unpaired) electrons. The number of fused-ring (bicyclic) bond motifs is 1. The fraction of sp³-hybridized carbons (Fsp3) is 0.333. The van der Waals surface area contributed by atoms with E-state index in [1.807, 2.05) is 0 Å². The zero-order chi connectivity index (χ0) is 28.4. The summed E-state index contributed by atoms with van der Waals surface area (Å²) in [4.78, 5) is 41.0. The van der Waals surface area contributed by atoms with E-state index in [4.69, 9.17) is 4.74 Å². The van der Waals surface area contributed by atoms with E-state index in [-0.39, 0.29) is 41.2 Å². The van der Waals surface area contributed by atoms with Gasteiger partial charge < -0.3 is 20.7 Å². The summed E-state index contributed by atoms with van der Waals surface area (Å²) in [7, 11) is -2.73. The average Bonchev–Trinajstić information content (AvgIpc) is 3.48. The number of ether oxygens (including phenoxy) is 1. The maximum absolute atomic E-state index is 15.2. The number of hydrogen-bond donors (Lipinski definition) is 3. The highest BCUT2D eigenvalue weighted by Crippen LogP contribution is 2.36. The molecule has 1 atom stereocenters. The van der Waals surface area contributed by atoms with Gasteiger partial charge in [-0.3, -0.25) is 14.4 Å². The fourth-order valence-electron chi connectivity index (χ4n) is 4.30. The van der Waals surface area contributed by atoms with E-state index in [0.29, 0.717) is 16.8 Å². The monoisotopic (exact) mass is 586 g/mol. The van der Waals surface area contributed by atoms with Gasteiger partial charge in [0.15, 0.2) is 15.1 Å². The van der Waals surface area contributed by atoms with Crippen LogP contribution in [-0.2, 0) is 29.0 Å². The molecular weight excluding hydrogens is 559 g/mol. The van der Waals surface area contributed by atoms with Crippen molar-refractivity contribution in [1.29, 1.82) is 0 Å². The SMILES string of the molecule is COCCS(=O)(=O)C(C(=O)NCC(=O)NC1CC1)c1nc2cc(F)c(-c3ccc(C4=CC(=O)NC4)cc3)cc2s1. The second-order valence-electron chi connectivity index (χ2n) is 9.62. The van der Waals surface area contributed by atoms with Crippen LogP contribution in [0.15, 0.2) is 42.5 Å². The highest BCUT2D eigenvalue weighted by Gasteiger charge is 2.37. The van der Waals surface area contributed by atoms with Crippen molar-refractivity contribution in [2.75, 3.05) is 32.6 Å². The Bertz CT molecular complexity index is 1610. The van der Waals surface area contributed by atoms with Crippen molar-refractivity contribution in [1.82, 2.24) is 20.9 Å². The van der Waals surface area contributed by atoms with E-state index in [1.54, 1.807) is 30.3 Å². The third-order valence-corrected chi connectivity index (χ3v) is 9.70. The van der Waals surface area contributed by atoms with Crippen molar-refractivity contribution < 1.29 is 31.9 Å². The number of nitrogens with one attached hydrogen (secondary N) is 3. The maximum atomic E-state index is 15.2. The first-order valence-electron chi connectivity index (χ1n) is 12.6. The Morgan fingerprint density at radius 2 is 1.93 bits per heavy atom. The van der Waals surface area contributed by atoms with Crippen LogP contribution in [0.3, 0.4) is 0 Å². The Hall–Kier alpha value is -3.68. The van der Waals surface area contributed by atoms with Crippen LogP contribution in [0, 0.1) is 5.82 Å². The molecule has 3 N–H and O–H groups in total. The van der Waals surface area contributed by atoms with Crippen molar-refractivity contribution >= 4 is 54.7 Å². The Balaban J connectivity index is 1.43. The molecule has 0 bridgehead atoms. The number of carbonyl (C=O) groups excluding carboxylic acids is 3. The Kier molecular flexibility index (Phi) is 7.97. The number of carbonyl (C=O) groups is 3. The van der Waals surface area contributed by atoms with Gasteiger partial charge in [-0.05, 0) is 35.6 Å². The van der Waals surface area contributed by atoms with E-state index >= 15 is 4.39 Å². The average molecular weight is 587 g/mol. The summed E-state index contributed by atoms with van der Waals surface area (Å²) < 4.78 is 47.0. The van der Waals surface area contributed by atoms with E-state index in [2.05, 4.69) is 20.9 Å². The topological polar surface area (TPSA) is 144 Å². The van der Waals surface area contributed by atoms with Crippen molar-refractivity contribution in [3.05, 3.63) is 58.9 Å². The predicted molar refractivity (Wildman–Crippen MR) is 149 cm³/mol. The van der Waals surface area contributed by atoms with Gasteiger partial charge >= 0.3 is 0 Å². The van der Waals surface area contributed by atoms with Crippen molar-refractivity contribution in [3.63, 3.8) is 0 Å². The van der Waals surface area contributed by atoms with Crippen LogP contribution in [0.25, 0.3) is 26.9 Å². The number of rotatable bonds is 11. The van der Waals surface area contributed by atoms with Crippen LogP contribution in [-0.4, -0.2) is 69.7 Å². The minimum Gasteiger partial charge on any atom is -0.384 e. The molecule has 1 unspecified atom stereocenters. The molecular formula is C27H27FN4O6S2. The van der Waals surface area contributed by atoms with Crippen LogP contribution in [0.4, 0.5) is 4.39 Å². The molecule has 0 saturated heterocycles. The molecule has 0 spiro atoms. The number of hydrogen-bond acceptors (Lipinski definition) is 8. The number of methoxy groups -OCH3 is 1.